The van der Waals surface area contributed by atoms with Crippen molar-refractivity contribution in [1.29, 1.82) is 0 Å². The molecule has 5 nitrogen and oxygen atoms in total. The molecule has 6 heteroatoms. The van der Waals surface area contributed by atoms with Gasteiger partial charge in [-0.1, -0.05) is 0 Å². The molecule has 0 radical (unpaired) electrons. The Bertz CT molecular complexity index is 242. The van der Waals surface area contributed by atoms with E-state index in [-0.39, 0.29) is 18.4 Å². The van der Waals surface area contributed by atoms with Gasteiger partial charge in [0.2, 0.25) is 11.8 Å². The number of hydrogen-bond donors (Lipinski definition) is 3. The van der Waals surface area contributed by atoms with E-state index in [2.05, 4.69) is 16.0 Å². The number of rotatable bonds is 5. The topological polar surface area (TPSA) is 70.2 Å². The quantitative estimate of drug-likeness (QED) is 0.601. The third-order valence-electron chi connectivity index (χ3n) is 2.46. The molecule has 16 heavy (non-hydrogen) atoms. The molecule has 1 fully saturated rings. The van der Waals surface area contributed by atoms with Crippen LogP contribution in [-0.2, 0) is 9.59 Å². The highest BCUT2D eigenvalue weighted by molar-refractivity contribution is 8.00. The summed E-state index contributed by atoms with van der Waals surface area (Å²) in [6, 6.07) is 0. The van der Waals surface area contributed by atoms with E-state index in [0.717, 1.165) is 25.9 Å². The Balaban J connectivity index is 2.07. The number of piperidine rings is 1. The largest absolute Gasteiger partial charge is 0.358 e. The molecule has 92 valence electrons. The normalized spacial score (nSPS) is 16.8. The van der Waals surface area contributed by atoms with Crippen molar-refractivity contribution in [3.05, 3.63) is 0 Å². The molecule has 0 saturated carbocycles. The van der Waals surface area contributed by atoms with Crippen LogP contribution in [0.1, 0.15) is 12.8 Å². The summed E-state index contributed by atoms with van der Waals surface area (Å²) in [4.78, 5) is 22.3. The zero-order valence-corrected chi connectivity index (χ0v) is 10.4. The number of thioether (sulfide) groups is 1. The van der Waals surface area contributed by atoms with Crippen molar-refractivity contribution < 1.29 is 9.59 Å². The maximum atomic E-state index is 11.4. The van der Waals surface area contributed by atoms with E-state index < -0.39 is 0 Å². The summed E-state index contributed by atoms with van der Waals surface area (Å²) in [5.41, 5.74) is 0. The minimum Gasteiger partial charge on any atom is -0.358 e. The molecular formula is C10H19N3O2S. The van der Waals surface area contributed by atoms with Crippen LogP contribution in [0.4, 0.5) is 0 Å². The molecule has 0 aromatic heterocycles. The molecular weight excluding hydrogens is 226 g/mol. The molecule has 0 aromatic carbocycles. The van der Waals surface area contributed by atoms with Crippen LogP contribution >= 0.6 is 11.8 Å². The molecule has 1 rings (SSSR count). The number of amides is 2. The van der Waals surface area contributed by atoms with E-state index in [9.17, 15) is 9.59 Å². The van der Waals surface area contributed by atoms with Crippen molar-refractivity contribution in [1.82, 2.24) is 16.0 Å². The minimum absolute atomic E-state index is 0.0628. The van der Waals surface area contributed by atoms with Crippen LogP contribution in [0.25, 0.3) is 0 Å². The smallest absolute Gasteiger partial charge is 0.239 e. The van der Waals surface area contributed by atoms with Gasteiger partial charge in [-0.2, -0.15) is 0 Å². The van der Waals surface area contributed by atoms with Gasteiger partial charge in [-0.3, -0.25) is 9.59 Å². The van der Waals surface area contributed by atoms with Crippen LogP contribution in [0.5, 0.6) is 0 Å². The second kappa shape index (κ2) is 7.51. The molecule has 0 aromatic rings. The van der Waals surface area contributed by atoms with Crippen molar-refractivity contribution >= 4 is 23.6 Å². The highest BCUT2D eigenvalue weighted by Crippen LogP contribution is 2.19. The zero-order chi connectivity index (χ0) is 11.8. The summed E-state index contributed by atoms with van der Waals surface area (Å²) in [7, 11) is 1.55. The van der Waals surface area contributed by atoms with Gasteiger partial charge in [-0.15, -0.1) is 11.8 Å². The summed E-state index contributed by atoms with van der Waals surface area (Å²) in [5, 5.41) is 8.90. The molecule has 0 bridgehead atoms. The summed E-state index contributed by atoms with van der Waals surface area (Å²) in [5.74, 6) is 0.217. The first-order chi connectivity index (χ1) is 7.72. The molecule has 1 saturated heterocycles. The third kappa shape index (κ3) is 5.37. The van der Waals surface area contributed by atoms with Crippen LogP contribution in [0, 0.1) is 0 Å². The lowest BCUT2D eigenvalue weighted by atomic mass is 10.2. The van der Waals surface area contributed by atoms with Crippen LogP contribution < -0.4 is 16.0 Å². The van der Waals surface area contributed by atoms with Gasteiger partial charge in [0.1, 0.15) is 0 Å². The maximum absolute atomic E-state index is 11.4. The zero-order valence-electron chi connectivity index (χ0n) is 9.54. The summed E-state index contributed by atoms with van der Waals surface area (Å²) in [6.45, 7) is 2.15. The van der Waals surface area contributed by atoms with Crippen molar-refractivity contribution in [2.75, 3.05) is 32.4 Å². The lowest BCUT2D eigenvalue weighted by Gasteiger charge is -2.21. The monoisotopic (exact) mass is 245 g/mol. The molecule has 1 aliphatic heterocycles. The second-order valence-electron chi connectivity index (χ2n) is 3.71. The number of hydrogen-bond acceptors (Lipinski definition) is 4. The van der Waals surface area contributed by atoms with Gasteiger partial charge in [0.05, 0.1) is 12.3 Å². The van der Waals surface area contributed by atoms with Gasteiger partial charge in [0, 0.05) is 12.3 Å². The standard InChI is InChI=1S/C10H19N3O2S/c1-11-9(14)6-13-10(15)7-16-8-2-4-12-5-3-8/h8,12H,2-7H2,1H3,(H,11,14)(H,13,15). The second-order valence-corrected chi connectivity index (χ2v) is 5.00. The summed E-state index contributed by atoms with van der Waals surface area (Å²) >= 11 is 1.68. The van der Waals surface area contributed by atoms with Gasteiger partial charge in [-0.25, -0.2) is 0 Å². The number of carbonyl (C=O) groups is 2. The number of likely N-dealkylation sites (N-methyl/N-ethyl adjacent to an activating group) is 1. The van der Waals surface area contributed by atoms with Gasteiger partial charge < -0.3 is 16.0 Å². The first kappa shape index (κ1) is 13.3. The molecule has 0 atom stereocenters. The Labute approximate surface area is 100 Å². The van der Waals surface area contributed by atoms with E-state index in [1.807, 2.05) is 0 Å². The van der Waals surface area contributed by atoms with Gasteiger partial charge in [0.25, 0.3) is 0 Å². The molecule has 1 heterocycles. The fourth-order valence-corrected chi connectivity index (χ4v) is 2.53. The van der Waals surface area contributed by atoms with Crippen molar-refractivity contribution in [3.8, 4) is 0 Å². The van der Waals surface area contributed by atoms with Crippen LogP contribution in [0.3, 0.4) is 0 Å². The highest BCUT2D eigenvalue weighted by Gasteiger charge is 2.14. The average molecular weight is 245 g/mol. The predicted molar refractivity (Wildman–Crippen MR) is 65.4 cm³/mol. The highest BCUT2D eigenvalue weighted by atomic mass is 32.2. The SMILES string of the molecule is CNC(=O)CNC(=O)CSC1CCNCC1. The minimum atomic E-state index is -0.166. The lowest BCUT2D eigenvalue weighted by Crippen LogP contribution is -2.36. The van der Waals surface area contributed by atoms with Crippen molar-refractivity contribution in [3.63, 3.8) is 0 Å². The predicted octanol–water partition coefficient (Wildman–Crippen LogP) is -0.666. The first-order valence-electron chi connectivity index (χ1n) is 5.52. The van der Waals surface area contributed by atoms with E-state index >= 15 is 0 Å². The molecule has 0 spiro atoms. The van der Waals surface area contributed by atoms with E-state index in [1.54, 1.807) is 18.8 Å². The Morgan fingerprint density at radius 2 is 2.00 bits per heavy atom. The van der Waals surface area contributed by atoms with E-state index in [1.165, 1.54) is 0 Å². The van der Waals surface area contributed by atoms with E-state index in [4.69, 9.17) is 0 Å². The maximum Gasteiger partial charge on any atom is 0.239 e. The van der Waals surface area contributed by atoms with Crippen LogP contribution in [0.15, 0.2) is 0 Å². The summed E-state index contributed by atoms with van der Waals surface area (Å²) < 4.78 is 0. The molecule has 0 unspecified atom stereocenters. The van der Waals surface area contributed by atoms with Crippen molar-refractivity contribution in [2.45, 2.75) is 18.1 Å². The average Bonchev–Trinajstić information content (AvgIpc) is 2.34. The van der Waals surface area contributed by atoms with Crippen molar-refractivity contribution in [2.24, 2.45) is 0 Å². The fraction of sp³-hybridized carbons (Fsp3) is 0.800. The Morgan fingerprint density at radius 1 is 1.31 bits per heavy atom. The Hall–Kier alpha value is -0.750. The third-order valence-corrected chi connectivity index (χ3v) is 3.83. The van der Waals surface area contributed by atoms with Crippen LogP contribution in [-0.4, -0.2) is 49.5 Å². The molecule has 0 aliphatic carbocycles. The molecule has 3 N–H and O–H groups in total. The summed E-state index contributed by atoms with van der Waals surface area (Å²) in [6.07, 6.45) is 2.24. The van der Waals surface area contributed by atoms with Gasteiger partial charge >= 0.3 is 0 Å². The van der Waals surface area contributed by atoms with Gasteiger partial charge in [-0.05, 0) is 25.9 Å². The number of nitrogens with one attached hydrogen (secondary N) is 3. The Kier molecular flexibility index (Phi) is 6.25. The first-order valence-corrected chi connectivity index (χ1v) is 6.57. The Morgan fingerprint density at radius 3 is 2.62 bits per heavy atom. The lowest BCUT2D eigenvalue weighted by molar-refractivity contribution is -0.124. The fourth-order valence-electron chi connectivity index (χ4n) is 1.47. The van der Waals surface area contributed by atoms with Crippen LogP contribution in [0.2, 0.25) is 0 Å². The van der Waals surface area contributed by atoms with Gasteiger partial charge in [0.15, 0.2) is 0 Å². The molecule has 2 amide bonds. The van der Waals surface area contributed by atoms with E-state index in [0.29, 0.717) is 11.0 Å². The molecule has 1 aliphatic rings. The number of carbonyl (C=O) groups excluding carboxylic acids is 2.